The largest absolute Gasteiger partial charge is 0.348 e. The summed E-state index contributed by atoms with van der Waals surface area (Å²) in [6.07, 6.45) is 3.96. The number of nitrogens with zero attached hydrogens (tertiary/aromatic N) is 3. The highest BCUT2D eigenvalue weighted by molar-refractivity contribution is 7.22. The molecule has 0 bridgehead atoms. The lowest BCUT2D eigenvalue weighted by Crippen LogP contribution is -2.43. The van der Waals surface area contributed by atoms with Crippen LogP contribution in [0.1, 0.15) is 45.1 Å². The summed E-state index contributed by atoms with van der Waals surface area (Å²) in [6, 6.07) is 6.43. The Kier molecular flexibility index (Phi) is 5.94. The zero-order valence-electron chi connectivity index (χ0n) is 15.6. The molecule has 1 aromatic heterocycles. The van der Waals surface area contributed by atoms with Gasteiger partial charge in [0.15, 0.2) is 5.13 Å². The first-order valence-electron chi connectivity index (χ1n) is 9.53. The number of hydrogen-bond acceptors (Lipinski definition) is 4. The van der Waals surface area contributed by atoms with E-state index in [0.29, 0.717) is 5.91 Å². The van der Waals surface area contributed by atoms with Crippen molar-refractivity contribution in [1.29, 1.82) is 0 Å². The second-order valence-corrected chi connectivity index (χ2v) is 8.06. The van der Waals surface area contributed by atoms with E-state index in [2.05, 4.69) is 48.8 Å². The summed E-state index contributed by atoms with van der Waals surface area (Å²) in [4.78, 5) is 22.0. The summed E-state index contributed by atoms with van der Waals surface area (Å²) in [5, 5.41) is 1.10. The molecular formula is C20H29N3OS. The number of benzene rings is 1. The normalized spacial score (nSPS) is 15.7. The molecule has 0 spiro atoms. The molecule has 0 atom stereocenters. The third-order valence-electron chi connectivity index (χ3n) is 4.95. The molecular weight excluding hydrogens is 330 g/mol. The smallest absolute Gasteiger partial charge is 0.225 e. The highest BCUT2D eigenvalue weighted by Gasteiger charge is 2.29. The standard InChI is InChI=1S/C20H29N3OS/c1-4-10-22(11-5-2)19(24)16-8-12-23(13-9-16)20-21-17-7-6-15(3)14-18(17)25-20/h6-7,14,16H,4-5,8-13H2,1-3H3. The number of carbonyl (C=O) groups is 1. The van der Waals surface area contributed by atoms with E-state index >= 15 is 0 Å². The van der Waals surface area contributed by atoms with E-state index in [1.54, 1.807) is 11.3 Å². The molecule has 1 amide bonds. The SMILES string of the molecule is CCCN(CCC)C(=O)C1CCN(c2nc3ccc(C)cc3s2)CC1. The van der Waals surface area contributed by atoms with Crippen LogP contribution >= 0.6 is 11.3 Å². The fraction of sp³-hybridized carbons (Fsp3) is 0.600. The first-order chi connectivity index (χ1) is 12.1. The van der Waals surface area contributed by atoms with Crippen LogP contribution in [0.5, 0.6) is 0 Å². The van der Waals surface area contributed by atoms with Crippen LogP contribution < -0.4 is 4.90 Å². The van der Waals surface area contributed by atoms with Crippen LogP contribution in [0.4, 0.5) is 5.13 Å². The maximum Gasteiger partial charge on any atom is 0.225 e. The molecule has 0 radical (unpaired) electrons. The Labute approximate surface area is 154 Å². The molecule has 1 aliphatic heterocycles. The van der Waals surface area contributed by atoms with Crippen molar-refractivity contribution >= 4 is 32.6 Å². The molecule has 2 aromatic rings. The van der Waals surface area contributed by atoms with E-state index in [4.69, 9.17) is 4.98 Å². The monoisotopic (exact) mass is 359 g/mol. The van der Waals surface area contributed by atoms with E-state index in [-0.39, 0.29) is 5.92 Å². The quantitative estimate of drug-likeness (QED) is 0.763. The minimum atomic E-state index is 0.186. The van der Waals surface area contributed by atoms with Gasteiger partial charge in [-0.1, -0.05) is 31.3 Å². The summed E-state index contributed by atoms with van der Waals surface area (Å²) < 4.78 is 1.25. The molecule has 0 N–H and O–H groups in total. The van der Waals surface area contributed by atoms with Crippen molar-refractivity contribution in [3.63, 3.8) is 0 Å². The summed E-state index contributed by atoms with van der Waals surface area (Å²) in [5.41, 5.74) is 2.36. The van der Waals surface area contributed by atoms with Gasteiger partial charge in [-0.05, 0) is 50.3 Å². The molecule has 25 heavy (non-hydrogen) atoms. The summed E-state index contributed by atoms with van der Waals surface area (Å²) >= 11 is 1.77. The second kappa shape index (κ2) is 8.17. The third-order valence-corrected chi connectivity index (χ3v) is 6.03. The van der Waals surface area contributed by atoms with Gasteiger partial charge < -0.3 is 9.80 Å². The Balaban J connectivity index is 1.63. The van der Waals surface area contributed by atoms with Gasteiger partial charge in [-0.2, -0.15) is 0 Å². The van der Waals surface area contributed by atoms with Crippen molar-refractivity contribution in [3.05, 3.63) is 23.8 Å². The van der Waals surface area contributed by atoms with Gasteiger partial charge in [0.05, 0.1) is 10.2 Å². The fourth-order valence-corrected chi connectivity index (χ4v) is 4.72. The van der Waals surface area contributed by atoms with Gasteiger partial charge in [0.2, 0.25) is 5.91 Å². The molecule has 0 unspecified atom stereocenters. The second-order valence-electron chi connectivity index (χ2n) is 7.05. The summed E-state index contributed by atoms with van der Waals surface area (Å²) in [5.74, 6) is 0.550. The molecule has 1 fully saturated rings. The maximum absolute atomic E-state index is 12.8. The predicted molar refractivity (Wildman–Crippen MR) is 106 cm³/mol. The fourth-order valence-electron chi connectivity index (χ4n) is 3.60. The lowest BCUT2D eigenvalue weighted by Gasteiger charge is -2.34. The molecule has 1 aromatic carbocycles. The minimum absolute atomic E-state index is 0.186. The van der Waals surface area contributed by atoms with E-state index in [0.717, 1.165) is 62.5 Å². The van der Waals surface area contributed by atoms with E-state index in [9.17, 15) is 4.79 Å². The molecule has 1 saturated heterocycles. The number of anilines is 1. The number of amides is 1. The molecule has 136 valence electrons. The van der Waals surface area contributed by atoms with E-state index in [1.165, 1.54) is 10.3 Å². The Hall–Kier alpha value is -1.62. The van der Waals surface area contributed by atoms with Crippen LogP contribution in [0.15, 0.2) is 18.2 Å². The molecule has 0 saturated carbocycles. The number of aromatic nitrogens is 1. The number of thiazole rings is 1. The van der Waals surface area contributed by atoms with Crippen LogP contribution in [0, 0.1) is 12.8 Å². The number of carbonyl (C=O) groups excluding carboxylic acids is 1. The van der Waals surface area contributed by atoms with Crippen LogP contribution in [0.3, 0.4) is 0 Å². The molecule has 1 aliphatic rings. The highest BCUT2D eigenvalue weighted by atomic mass is 32.1. The Morgan fingerprint density at radius 1 is 1.24 bits per heavy atom. The number of aryl methyl sites for hydroxylation is 1. The summed E-state index contributed by atoms with van der Waals surface area (Å²) in [6.45, 7) is 10.1. The van der Waals surface area contributed by atoms with Gasteiger partial charge in [-0.3, -0.25) is 4.79 Å². The summed E-state index contributed by atoms with van der Waals surface area (Å²) in [7, 11) is 0. The lowest BCUT2D eigenvalue weighted by molar-refractivity contribution is -0.136. The van der Waals surface area contributed by atoms with Gasteiger partial charge in [-0.25, -0.2) is 4.98 Å². The average molecular weight is 360 g/mol. The maximum atomic E-state index is 12.8. The van der Waals surface area contributed by atoms with Crippen LogP contribution in [-0.4, -0.2) is 42.0 Å². The van der Waals surface area contributed by atoms with Crippen molar-refractivity contribution in [2.75, 3.05) is 31.1 Å². The third kappa shape index (κ3) is 4.14. The van der Waals surface area contributed by atoms with Crippen molar-refractivity contribution in [1.82, 2.24) is 9.88 Å². The Bertz CT molecular complexity index is 713. The first-order valence-corrected chi connectivity index (χ1v) is 10.3. The van der Waals surface area contributed by atoms with Crippen molar-refractivity contribution < 1.29 is 4.79 Å². The zero-order chi connectivity index (χ0) is 17.8. The van der Waals surface area contributed by atoms with Crippen molar-refractivity contribution in [3.8, 4) is 0 Å². The first kappa shape index (κ1) is 18.2. The Morgan fingerprint density at radius 2 is 1.92 bits per heavy atom. The van der Waals surface area contributed by atoms with Crippen molar-refractivity contribution in [2.45, 2.75) is 46.5 Å². The molecule has 5 heteroatoms. The van der Waals surface area contributed by atoms with Crippen LogP contribution in [-0.2, 0) is 4.79 Å². The van der Waals surface area contributed by atoms with Gasteiger partial charge in [0.1, 0.15) is 0 Å². The Morgan fingerprint density at radius 3 is 2.56 bits per heavy atom. The number of hydrogen-bond donors (Lipinski definition) is 0. The van der Waals surface area contributed by atoms with Crippen molar-refractivity contribution in [2.24, 2.45) is 5.92 Å². The minimum Gasteiger partial charge on any atom is -0.348 e. The van der Waals surface area contributed by atoms with Gasteiger partial charge in [0.25, 0.3) is 0 Å². The number of fused-ring (bicyclic) bond motifs is 1. The van der Waals surface area contributed by atoms with Gasteiger partial charge in [0, 0.05) is 32.1 Å². The van der Waals surface area contributed by atoms with Crippen LogP contribution in [0.25, 0.3) is 10.2 Å². The number of rotatable bonds is 6. The predicted octanol–water partition coefficient (Wildman–Crippen LogP) is 4.47. The van der Waals surface area contributed by atoms with E-state index in [1.807, 2.05) is 0 Å². The highest BCUT2D eigenvalue weighted by Crippen LogP contribution is 2.32. The zero-order valence-corrected chi connectivity index (χ0v) is 16.4. The average Bonchev–Trinajstić information content (AvgIpc) is 3.04. The number of piperidine rings is 1. The van der Waals surface area contributed by atoms with Gasteiger partial charge in [-0.15, -0.1) is 0 Å². The molecule has 2 heterocycles. The molecule has 4 nitrogen and oxygen atoms in total. The lowest BCUT2D eigenvalue weighted by atomic mass is 9.95. The topological polar surface area (TPSA) is 36.4 Å². The molecule has 0 aliphatic carbocycles. The molecule has 3 rings (SSSR count). The van der Waals surface area contributed by atoms with Crippen LogP contribution in [0.2, 0.25) is 0 Å². The van der Waals surface area contributed by atoms with E-state index < -0.39 is 0 Å². The van der Waals surface area contributed by atoms with Gasteiger partial charge >= 0.3 is 0 Å².